The van der Waals surface area contributed by atoms with Crippen LogP contribution in [0.1, 0.15) is 27.4 Å². The van der Waals surface area contributed by atoms with Gasteiger partial charge in [0.05, 0.1) is 0 Å². The zero-order valence-corrected chi connectivity index (χ0v) is 10.6. The number of aryl methyl sites for hydroxylation is 2. The van der Waals surface area contributed by atoms with E-state index < -0.39 is 24.0 Å². The summed E-state index contributed by atoms with van der Waals surface area (Å²) in [6.45, 7) is 3.58. The van der Waals surface area contributed by atoms with Crippen molar-refractivity contribution in [2.75, 3.05) is 5.32 Å². The van der Waals surface area contributed by atoms with Crippen LogP contribution in [0.5, 0.6) is 0 Å². The Kier molecular flexibility index (Phi) is 3.47. The molecular formula is C12H10F3N3O2. The summed E-state index contributed by atoms with van der Waals surface area (Å²) in [4.78, 5) is 11.9. The van der Waals surface area contributed by atoms with Gasteiger partial charge in [0.1, 0.15) is 0 Å². The largest absolute Gasteiger partial charge is 0.470 e. The van der Waals surface area contributed by atoms with E-state index in [2.05, 4.69) is 19.9 Å². The molecule has 5 nitrogen and oxygen atoms in total. The number of halogens is 3. The van der Waals surface area contributed by atoms with Gasteiger partial charge in [-0.3, -0.25) is 10.1 Å². The highest BCUT2D eigenvalue weighted by Crippen LogP contribution is 2.28. The molecule has 0 unspecified atom stereocenters. The van der Waals surface area contributed by atoms with E-state index in [4.69, 9.17) is 0 Å². The molecule has 8 heteroatoms. The van der Waals surface area contributed by atoms with Crippen molar-refractivity contribution in [1.29, 1.82) is 0 Å². The summed E-state index contributed by atoms with van der Waals surface area (Å²) in [5.41, 5.74) is 1.98. The third-order valence-electron chi connectivity index (χ3n) is 2.51. The Bertz CT molecular complexity index is 650. The molecule has 0 aliphatic carbocycles. The molecule has 0 aliphatic heterocycles. The molecule has 0 aliphatic rings. The highest BCUT2D eigenvalue weighted by atomic mass is 19.4. The number of hydrogen-bond donors (Lipinski definition) is 1. The van der Waals surface area contributed by atoms with Crippen LogP contribution in [0.3, 0.4) is 0 Å². The Morgan fingerprint density at radius 3 is 2.50 bits per heavy atom. The molecule has 20 heavy (non-hydrogen) atoms. The van der Waals surface area contributed by atoms with Crippen LogP contribution in [0.15, 0.2) is 22.6 Å². The number of carbonyl (C=O) groups excluding carboxylic acids is 1. The van der Waals surface area contributed by atoms with Crippen molar-refractivity contribution in [1.82, 2.24) is 10.2 Å². The van der Waals surface area contributed by atoms with Gasteiger partial charge in [0.15, 0.2) is 0 Å². The highest BCUT2D eigenvalue weighted by molar-refractivity contribution is 6.04. The minimum Gasteiger partial charge on any atom is -0.399 e. The Hall–Kier alpha value is -2.38. The van der Waals surface area contributed by atoms with Crippen molar-refractivity contribution >= 4 is 11.9 Å². The minimum absolute atomic E-state index is 0.322. The third-order valence-corrected chi connectivity index (χ3v) is 2.51. The molecule has 0 fully saturated rings. The second-order valence-corrected chi connectivity index (χ2v) is 4.18. The summed E-state index contributed by atoms with van der Waals surface area (Å²) in [5.74, 6) is -2.12. The van der Waals surface area contributed by atoms with Crippen molar-refractivity contribution < 1.29 is 22.4 Å². The van der Waals surface area contributed by atoms with E-state index in [1.807, 2.05) is 6.92 Å². The van der Waals surface area contributed by atoms with Crippen LogP contribution in [0.2, 0.25) is 0 Å². The molecule has 106 valence electrons. The second kappa shape index (κ2) is 4.95. The lowest BCUT2D eigenvalue weighted by molar-refractivity contribution is -0.156. The SMILES string of the molecule is Cc1ccc(C(=O)Nc2nnc(C(F)(F)F)o2)c(C)c1. The number of nitrogens with zero attached hydrogens (tertiary/aromatic N) is 2. The summed E-state index contributed by atoms with van der Waals surface area (Å²) in [6.07, 6.45) is -4.74. The number of hydrogen-bond acceptors (Lipinski definition) is 4. The molecule has 0 spiro atoms. The van der Waals surface area contributed by atoms with Crippen LogP contribution in [0.4, 0.5) is 19.2 Å². The number of alkyl halides is 3. The van der Waals surface area contributed by atoms with Crippen LogP contribution < -0.4 is 5.32 Å². The van der Waals surface area contributed by atoms with E-state index in [0.717, 1.165) is 5.56 Å². The van der Waals surface area contributed by atoms with Gasteiger partial charge in [0.25, 0.3) is 5.91 Å². The quantitative estimate of drug-likeness (QED) is 0.921. The molecule has 0 saturated carbocycles. The van der Waals surface area contributed by atoms with E-state index in [9.17, 15) is 18.0 Å². The number of anilines is 1. The van der Waals surface area contributed by atoms with Gasteiger partial charge >= 0.3 is 18.1 Å². The zero-order valence-electron chi connectivity index (χ0n) is 10.6. The molecule has 0 atom stereocenters. The molecule has 0 saturated heterocycles. The fraction of sp³-hybridized carbons (Fsp3) is 0.250. The lowest BCUT2D eigenvalue weighted by Crippen LogP contribution is -2.13. The van der Waals surface area contributed by atoms with Crippen molar-refractivity contribution in [2.45, 2.75) is 20.0 Å². The molecule has 1 heterocycles. The minimum atomic E-state index is -4.74. The molecule has 2 aromatic rings. The van der Waals surface area contributed by atoms with Crippen molar-refractivity contribution in [3.05, 3.63) is 40.8 Å². The summed E-state index contributed by atoms with van der Waals surface area (Å²) >= 11 is 0. The second-order valence-electron chi connectivity index (χ2n) is 4.18. The van der Waals surface area contributed by atoms with E-state index in [0.29, 0.717) is 11.1 Å². The van der Waals surface area contributed by atoms with Gasteiger partial charge in [0.2, 0.25) is 0 Å². The average Bonchev–Trinajstić information content (AvgIpc) is 2.76. The first kappa shape index (κ1) is 14.0. The Labute approximate surface area is 111 Å². The monoisotopic (exact) mass is 285 g/mol. The molecule has 1 N–H and O–H groups in total. The molecule has 1 aromatic heterocycles. The first-order valence-corrected chi connectivity index (χ1v) is 5.56. The zero-order chi connectivity index (χ0) is 14.9. The van der Waals surface area contributed by atoms with Gasteiger partial charge in [0, 0.05) is 5.56 Å². The maximum Gasteiger partial charge on any atom is 0.470 e. The van der Waals surface area contributed by atoms with Gasteiger partial charge in [-0.05, 0) is 25.5 Å². The molecule has 0 bridgehead atoms. The smallest absolute Gasteiger partial charge is 0.399 e. The topological polar surface area (TPSA) is 68.0 Å². The van der Waals surface area contributed by atoms with Crippen LogP contribution in [-0.4, -0.2) is 16.1 Å². The summed E-state index contributed by atoms with van der Waals surface area (Å²) in [6, 6.07) is 4.48. The summed E-state index contributed by atoms with van der Waals surface area (Å²) in [7, 11) is 0. The van der Waals surface area contributed by atoms with Crippen LogP contribution in [-0.2, 0) is 6.18 Å². The van der Waals surface area contributed by atoms with E-state index in [1.54, 1.807) is 25.1 Å². The molecular weight excluding hydrogens is 275 g/mol. The number of amides is 1. The lowest BCUT2D eigenvalue weighted by Gasteiger charge is -2.05. The van der Waals surface area contributed by atoms with Crippen molar-refractivity contribution in [2.24, 2.45) is 0 Å². The van der Waals surface area contributed by atoms with E-state index >= 15 is 0 Å². The first-order valence-electron chi connectivity index (χ1n) is 5.56. The van der Waals surface area contributed by atoms with Crippen LogP contribution in [0, 0.1) is 13.8 Å². The molecule has 0 radical (unpaired) electrons. The maximum atomic E-state index is 12.3. The predicted octanol–water partition coefficient (Wildman–Crippen LogP) is 2.96. The number of rotatable bonds is 2. The van der Waals surface area contributed by atoms with Gasteiger partial charge in [-0.2, -0.15) is 13.2 Å². The number of benzene rings is 1. The van der Waals surface area contributed by atoms with Crippen LogP contribution in [0.25, 0.3) is 0 Å². The molecule has 1 aromatic carbocycles. The van der Waals surface area contributed by atoms with Crippen LogP contribution >= 0.6 is 0 Å². The van der Waals surface area contributed by atoms with Gasteiger partial charge in [-0.15, -0.1) is 5.10 Å². The fourth-order valence-electron chi connectivity index (χ4n) is 1.62. The Balaban J connectivity index is 2.17. The summed E-state index contributed by atoms with van der Waals surface area (Å²) < 4.78 is 41.1. The number of carbonyl (C=O) groups is 1. The number of nitrogens with one attached hydrogen (secondary N) is 1. The van der Waals surface area contributed by atoms with Gasteiger partial charge < -0.3 is 4.42 Å². The van der Waals surface area contributed by atoms with E-state index in [-0.39, 0.29) is 0 Å². The first-order chi connectivity index (χ1) is 9.27. The highest BCUT2D eigenvalue weighted by Gasteiger charge is 2.38. The van der Waals surface area contributed by atoms with Crippen molar-refractivity contribution in [3.8, 4) is 0 Å². The number of aromatic nitrogens is 2. The normalized spacial score (nSPS) is 11.4. The molecule has 1 amide bonds. The standard InChI is InChI=1S/C12H10F3N3O2/c1-6-3-4-8(7(2)5-6)9(19)16-11-18-17-10(20-11)12(13,14)15/h3-5H,1-2H3,(H,16,18,19). The maximum absolute atomic E-state index is 12.3. The molecule has 2 rings (SSSR count). The average molecular weight is 285 g/mol. The predicted molar refractivity (Wildman–Crippen MR) is 63.2 cm³/mol. The fourth-order valence-corrected chi connectivity index (χ4v) is 1.62. The van der Waals surface area contributed by atoms with Crippen molar-refractivity contribution in [3.63, 3.8) is 0 Å². The summed E-state index contributed by atoms with van der Waals surface area (Å²) in [5, 5.41) is 8.07. The Morgan fingerprint density at radius 2 is 1.95 bits per heavy atom. The van der Waals surface area contributed by atoms with Gasteiger partial charge in [-0.25, -0.2) is 0 Å². The lowest BCUT2D eigenvalue weighted by atomic mass is 10.1. The third kappa shape index (κ3) is 2.95. The van der Waals surface area contributed by atoms with E-state index in [1.165, 1.54) is 0 Å². The Morgan fingerprint density at radius 1 is 1.25 bits per heavy atom. The van der Waals surface area contributed by atoms with Gasteiger partial charge in [-0.1, -0.05) is 22.8 Å².